The summed E-state index contributed by atoms with van der Waals surface area (Å²) in [5.74, 6) is 0.967. The molecule has 0 aromatic carbocycles. The molecule has 0 aliphatic heterocycles. The van der Waals surface area contributed by atoms with Crippen molar-refractivity contribution in [2.24, 2.45) is 0 Å². The highest BCUT2D eigenvalue weighted by Gasteiger charge is 2.18. The molecule has 1 atom stereocenters. The van der Waals surface area contributed by atoms with Crippen LogP contribution in [0.25, 0.3) is 0 Å². The van der Waals surface area contributed by atoms with Gasteiger partial charge in [0.15, 0.2) is 0 Å². The number of carbonyl (C=O) groups excluding carboxylic acids is 1. The number of hydrogen-bond acceptors (Lipinski definition) is 3. The molecule has 20 heavy (non-hydrogen) atoms. The highest BCUT2D eigenvalue weighted by atomic mass is 32.2. The van der Waals surface area contributed by atoms with Gasteiger partial charge in [0, 0.05) is 33.5 Å². The molecule has 0 saturated heterocycles. The fourth-order valence-electron chi connectivity index (χ4n) is 1.63. The van der Waals surface area contributed by atoms with Crippen molar-refractivity contribution in [3.63, 3.8) is 0 Å². The van der Waals surface area contributed by atoms with E-state index in [2.05, 4.69) is 15.6 Å². The van der Waals surface area contributed by atoms with E-state index < -0.39 is 10.8 Å². The lowest BCUT2D eigenvalue weighted by molar-refractivity contribution is 0.252. The molecule has 6 heteroatoms. The van der Waals surface area contributed by atoms with E-state index in [0.29, 0.717) is 18.1 Å². The van der Waals surface area contributed by atoms with Gasteiger partial charge in [-0.25, -0.2) is 9.78 Å². The molecule has 0 fully saturated rings. The lowest BCUT2D eigenvalue weighted by Crippen LogP contribution is -2.35. The number of pyridine rings is 1. The zero-order valence-electron chi connectivity index (χ0n) is 12.7. The van der Waals surface area contributed by atoms with E-state index in [1.54, 1.807) is 6.07 Å². The predicted molar refractivity (Wildman–Crippen MR) is 83.5 cm³/mol. The van der Waals surface area contributed by atoms with E-state index in [-0.39, 0.29) is 10.8 Å². The highest BCUT2D eigenvalue weighted by Crippen LogP contribution is 2.11. The van der Waals surface area contributed by atoms with Crippen LogP contribution in [0.4, 0.5) is 10.6 Å². The normalized spacial score (nSPS) is 12.8. The highest BCUT2D eigenvalue weighted by molar-refractivity contribution is 7.86. The Bertz CT molecular complexity index is 489. The van der Waals surface area contributed by atoms with Crippen molar-refractivity contribution in [2.45, 2.75) is 39.4 Å². The van der Waals surface area contributed by atoms with Gasteiger partial charge in [-0.3, -0.25) is 9.53 Å². The van der Waals surface area contributed by atoms with E-state index in [9.17, 15) is 9.00 Å². The summed E-state index contributed by atoms with van der Waals surface area (Å²) in [5, 5.41) is 5.37. The smallest absolute Gasteiger partial charge is 0.320 e. The fraction of sp³-hybridized carbons (Fsp3) is 0.571. The molecule has 0 radical (unpaired) electrons. The molecular weight excluding hydrogens is 274 g/mol. The largest absolute Gasteiger partial charge is 0.337 e. The SMILES string of the molecule is Cc1cc(C)nc(NC(=O)NCC[S@@](=O)C(C)(C)C)c1. The molecule has 1 rings (SSSR count). The molecular formula is C14H23N3O2S. The first kappa shape index (κ1) is 16.6. The van der Waals surface area contributed by atoms with Crippen LogP contribution in [-0.2, 0) is 10.8 Å². The number of aromatic nitrogens is 1. The van der Waals surface area contributed by atoms with Crippen LogP contribution < -0.4 is 10.6 Å². The summed E-state index contributed by atoms with van der Waals surface area (Å²) < 4.78 is 11.6. The molecule has 112 valence electrons. The Kier molecular flexibility index (Phi) is 5.68. The zero-order valence-corrected chi connectivity index (χ0v) is 13.6. The number of nitrogens with one attached hydrogen (secondary N) is 2. The molecule has 1 aromatic rings. The van der Waals surface area contributed by atoms with Crippen molar-refractivity contribution >= 4 is 22.6 Å². The van der Waals surface area contributed by atoms with Crippen LogP contribution >= 0.6 is 0 Å². The first-order valence-corrected chi connectivity index (χ1v) is 7.89. The Balaban J connectivity index is 2.43. The van der Waals surface area contributed by atoms with Gasteiger partial charge >= 0.3 is 6.03 Å². The van der Waals surface area contributed by atoms with Gasteiger partial charge in [-0.15, -0.1) is 0 Å². The second kappa shape index (κ2) is 6.83. The predicted octanol–water partition coefficient (Wildman–Crippen LogP) is 2.37. The first-order chi connectivity index (χ1) is 9.18. The number of hydrogen-bond donors (Lipinski definition) is 2. The minimum absolute atomic E-state index is 0.257. The number of rotatable bonds is 4. The van der Waals surface area contributed by atoms with Gasteiger partial charge in [0.25, 0.3) is 0 Å². The van der Waals surface area contributed by atoms with Crippen LogP contribution in [0.15, 0.2) is 12.1 Å². The summed E-state index contributed by atoms with van der Waals surface area (Å²) in [6.07, 6.45) is 0. The van der Waals surface area contributed by atoms with E-state index in [0.717, 1.165) is 11.3 Å². The minimum Gasteiger partial charge on any atom is -0.337 e. The minimum atomic E-state index is -0.966. The van der Waals surface area contributed by atoms with Crippen LogP contribution in [0, 0.1) is 13.8 Å². The Morgan fingerprint density at radius 2 is 1.95 bits per heavy atom. The van der Waals surface area contributed by atoms with Gasteiger partial charge in [0.1, 0.15) is 5.82 Å². The van der Waals surface area contributed by atoms with Gasteiger partial charge in [-0.05, 0) is 52.3 Å². The summed E-state index contributed by atoms with van der Waals surface area (Å²) in [4.78, 5) is 15.9. The molecule has 0 aliphatic rings. The summed E-state index contributed by atoms with van der Waals surface area (Å²) in [7, 11) is -0.966. The standard InChI is InChI=1S/C14H23N3O2S/c1-10-8-11(2)16-12(9-10)17-13(18)15-6-7-20(19)14(3,4)5/h8-9H,6-7H2,1-5H3,(H2,15,16,17,18)/t20-/m1/s1. The number of carbonyl (C=O) groups is 1. The molecule has 0 aliphatic carbocycles. The van der Waals surface area contributed by atoms with E-state index >= 15 is 0 Å². The molecule has 1 heterocycles. The quantitative estimate of drug-likeness (QED) is 0.896. The van der Waals surface area contributed by atoms with Gasteiger partial charge in [-0.1, -0.05) is 0 Å². The maximum Gasteiger partial charge on any atom is 0.320 e. The van der Waals surface area contributed by atoms with Crippen molar-refractivity contribution in [3.8, 4) is 0 Å². The zero-order chi connectivity index (χ0) is 15.3. The maximum absolute atomic E-state index is 11.8. The molecule has 0 spiro atoms. The van der Waals surface area contributed by atoms with Crippen molar-refractivity contribution in [2.75, 3.05) is 17.6 Å². The van der Waals surface area contributed by atoms with Gasteiger partial charge in [-0.2, -0.15) is 0 Å². The summed E-state index contributed by atoms with van der Waals surface area (Å²) in [6.45, 7) is 9.96. The Labute approximate surface area is 123 Å². The lowest BCUT2D eigenvalue weighted by atomic mass is 10.2. The average Bonchev–Trinajstić information content (AvgIpc) is 2.25. The number of aryl methyl sites for hydroxylation is 2. The van der Waals surface area contributed by atoms with E-state index in [4.69, 9.17) is 0 Å². The van der Waals surface area contributed by atoms with Crippen molar-refractivity contribution in [1.29, 1.82) is 0 Å². The lowest BCUT2D eigenvalue weighted by Gasteiger charge is -2.17. The van der Waals surface area contributed by atoms with Crippen molar-refractivity contribution in [3.05, 3.63) is 23.4 Å². The average molecular weight is 297 g/mol. The van der Waals surface area contributed by atoms with Crippen molar-refractivity contribution < 1.29 is 9.00 Å². The number of anilines is 1. The maximum atomic E-state index is 11.8. The Hall–Kier alpha value is -1.43. The Morgan fingerprint density at radius 3 is 2.50 bits per heavy atom. The van der Waals surface area contributed by atoms with Crippen molar-refractivity contribution in [1.82, 2.24) is 10.3 Å². The third-order valence-corrected chi connectivity index (χ3v) is 4.54. The molecule has 2 N–H and O–H groups in total. The van der Waals surface area contributed by atoms with Gasteiger partial charge in [0.05, 0.1) is 0 Å². The molecule has 1 aromatic heterocycles. The first-order valence-electron chi connectivity index (χ1n) is 6.57. The number of urea groups is 1. The summed E-state index contributed by atoms with van der Waals surface area (Å²) in [6, 6.07) is 3.42. The molecule has 0 unspecified atom stereocenters. The van der Waals surface area contributed by atoms with Gasteiger partial charge in [0.2, 0.25) is 0 Å². The molecule has 0 saturated carbocycles. The Morgan fingerprint density at radius 1 is 1.30 bits per heavy atom. The molecule has 0 bridgehead atoms. The molecule has 5 nitrogen and oxygen atoms in total. The third kappa shape index (κ3) is 5.69. The van der Waals surface area contributed by atoms with Crippen LogP contribution in [0.5, 0.6) is 0 Å². The second-order valence-corrected chi connectivity index (χ2v) is 8.04. The van der Waals surface area contributed by atoms with Crippen LogP contribution in [0.1, 0.15) is 32.0 Å². The molecule has 2 amide bonds. The number of amides is 2. The summed E-state index contributed by atoms with van der Waals surface area (Å²) in [5.41, 5.74) is 1.90. The fourth-order valence-corrected chi connectivity index (χ4v) is 2.53. The summed E-state index contributed by atoms with van der Waals surface area (Å²) >= 11 is 0. The van der Waals surface area contributed by atoms with E-state index in [1.807, 2.05) is 40.7 Å². The van der Waals surface area contributed by atoms with Crippen LogP contribution in [-0.4, -0.2) is 32.3 Å². The van der Waals surface area contributed by atoms with Gasteiger partial charge < -0.3 is 5.32 Å². The van der Waals surface area contributed by atoms with Crippen LogP contribution in [0.3, 0.4) is 0 Å². The monoisotopic (exact) mass is 297 g/mol. The second-order valence-electron chi connectivity index (χ2n) is 5.71. The third-order valence-electron chi connectivity index (χ3n) is 2.60. The topological polar surface area (TPSA) is 71.1 Å². The van der Waals surface area contributed by atoms with E-state index in [1.165, 1.54) is 0 Å². The number of nitrogens with zero attached hydrogens (tertiary/aromatic N) is 1. The van der Waals surface area contributed by atoms with Crippen LogP contribution in [0.2, 0.25) is 0 Å².